The second kappa shape index (κ2) is 10.3. The lowest BCUT2D eigenvalue weighted by atomic mass is 10.3. The summed E-state index contributed by atoms with van der Waals surface area (Å²) < 4.78 is 5.64. The highest BCUT2D eigenvalue weighted by atomic mass is 16.5. The summed E-state index contributed by atoms with van der Waals surface area (Å²) >= 11 is 0. The van der Waals surface area contributed by atoms with Gasteiger partial charge in [-0.2, -0.15) is 0 Å². The minimum absolute atomic E-state index is 0.262. The van der Waals surface area contributed by atoms with Crippen molar-refractivity contribution in [1.29, 1.82) is 0 Å². The second-order valence-electron chi connectivity index (χ2n) is 7.28. The molecule has 1 aromatic rings. The van der Waals surface area contributed by atoms with Crippen LogP contribution >= 0.6 is 0 Å². The third-order valence-corrected chi connectivity index (χ3v) is 5.10. The molecular formula is C21H32N4O2. The number of nitrogens with one attached hydrogen (secondary N) is 1. The lowest BCUT2D eigenvalue weighted by Gasteiger charge is -2.14. The van der Waals surface area contributed by atoms with E-state index in [0.717, 1.165) is 44.0 Å². The van der Waals surface area contributed by atoms with Crippen molar-refractivity contribution in [3.63, 3.8) is 0 Å². The van der Waals surface area contributed by atoms with E-state index in [1.165, 1.54) is 32.5 Å². The van der Waals surface area contributed by atoms with E-state index in [9.17, 15) is 4.79 Å². The Morgan fingerprint density at radius 2 is 1.85 bits per heavy atom. The molecule has 2 fully saturated rings. The van der Waals surface area contributed by atoms with E-state index in [4.69, 9.17) is 4.74 Å². The summed E-state index contributed by atoms with van der Waals surface area (Å²) in [5, 5.41) is 1.89. The van der Waals surface area contributed by atoms with E-state index in [0.29, 0.717) is 6.42 Å². The van der Waals surface area contributed by atoms with Crippen molar-refractivity contribution in [1.82, 2.24) is 20.2 Å². The molecule has 6 heteroatoms. The molecule has 0 aliphatic carbocycles. The van der Waals surface area contributed by atoms with Gasteiger partial charge in [-0.1, -0.05) is 18.2 Å². The number of carbonyl (C=O) groups excluding carboxylic acids is 1. The molecule has 1 aromatic carbocycles. The molecule has 3 aliphatic heterocycles. The molecule has 0 radical (unpaired) electrons. The van der Waals surface area contributed by atoms with Gasteiger partial charge in [-0.3, -0.25) is 4.79 Å². The summed E-state index contributed by atoms with van der Waals surface area (Å²) in [5.74, 6) is 1.25. The van der Waals surface area contributed by atoms with Gasteiger partial charge in [0.1, 0.15) is 5.75 Å². The molecule has 0 bridgehead atoms. The highest BCUT2D eigenvalue weighted by molar-refractivity contribution is 5.80. The molecule has 1 amide bonds. The van der Waals surface area contributed by atoms with Crippen LogP contribution in [-0.4, -0.2) is 67.1 Å². The van der Waals surface area contributed by atoms with E-state index in [-0.39, 0.29) is 5.91 Å². The van der Waals surface area contributed by atoms with Gasteiger partial charge in [0.15, 0.2) is 0 Å². The van der Waals surface area contributed by atoms with Crippen molar-refractivity contribution in [2.24, 2.45) is 0 Å². The first-order valence-electron chi connectivity index (χ1n) is 10.1. The highest BCUT2D eigenvalue weighted by Gasteiger charge is 2.25. The SMILES string of the molecule is CN1C=C(N2CCCC2=O)CN1.c1ccc(OCCCN2CCCC2)cc1. The van der Waals surface area contributed by atoms with Gasteiger partial charge in [-0.25, -0.2) is 5.43 Å². The first-order chi connectivity index (χ1) is 13.2. The second-order valence-corrected chi connectivity index (χ2v) is 7.28. The lowest BCUT2D eigenvalue weighted by Crippen LogP contribution is -2.28. The van der Waals surface area contributed by atoms with Crippen molar-refractivity contribution in [2.75, 3.05) is 46.4 Å². The molecule has 0 spiro atoms. The Bertz CT molecular complexity index is 614. The van der Waals surface area contributed by atoms with Crippen LogP contribution in [0.3, 0.4) is 0 Å². The summed E-state index contributed by atoms with van der Waals surface area (Å²) in [6.45, 7) is 6.26. The van der Waals surface area contributed by atoms with Crippen LogP contribution in [0, 0.1) is 0 Å². The Labute approximate surface area is 162 Å². The third kappa shape index (κ3) is 6.26. The van der Waals surface area contributed by atoms with Crippen molar-refractivity contribution in [3.05, 3.63) is 42.2 Å². The van der Waals surface area contributed by atoms with E-state index < -0.39 is 0 Å². The molecule has 0 atom stereocenters. The summed E-state index contributed by atoms with van der Waals surface area (Å²) in [6.07, 6.45) is 7.57. The molecule has 0 saturated carbocycles. The van der Waals surface area contributed by atoms with Crippen molar-refractivity contribution >= 4 is 5.91 Å². The van der Waals surface area contributed by atoms with Crippen LogP contribution in [-0.2, 0) is 4.79 Å². The highest BCUT2D eigenvalue weighted by Crippen LogP contribution is 2.18. The van der Waals surface area contributed by atoms with Gasteiger partial charge in [0.2, 0.25) is 5.91 Å². The zero-order valence-electron chi connectivity index (χ0n) is 16.4. The Hall–Kier alpha value is -2.05. The number of hydrogen-bond acceptors (Lipinski definition) is 5. The molecular weight excluding hydrogens is 340 g/mol. The summed E-state index contributed by atoms with van der Waals surface area (Å²) in [4.78, 5) is 15.7. The number of hydrazine groups is 1. The number of ether oxygens (including phenoxy) is 1. The number of carbonyl (C=O) groups is 1. The maximum absolute atomic E-state index is 11.3. The predicted octanol–water partition coefficient (Wildman–Crippen LogP) is 2.45. The average Bonchev–Trinajstić information content (AvgIpc) is 3.43. The fraction of sp³-hybridized carbons (Fsp3) is 0.571. The Morgan fingerprint density at radius 3 is 2.48 bits per heavy atom. The van der Waals surface area contributed by atoms with Crippen LogP contribution < -0.4 is 10.2 Å². The van der Waals surface area contributed by atoms with Crippen LogP contribution in [0.1, 0.15) is 32.1 Å². The third-order valence-electron chi connectivity index (χ3n) is 5.10. The van der Waals surface area contributed by atoms with Gasteiger partial charge >= 0.3 is 0 Å². The number of benzene rings is 1. The Kier molecular flexibility index (Phi) is 7.54. The van der Waals surface area contributed by atoms with Gasteiger partial charge in [0.25, 0.3) is 0 Å². The number of rotatable bonds is 6. The summed E-state index contributed by atoms with van der Waals surface area (Å²) in [5.41, 5.74) is 4.21. The Balaban J connectivity index is 0.000000159. The van der Waals surface area contributed by atoms with E-state index in [1.54, 1.807) is 0 Å². The van der Waals surface area contributed by atoms with Crippen LogP contribution in [0.5, 0.6) is 5.75 Å². The van der Waals surface area contributed by atoms with Crippen LogP contribution in [0.15, 0.2) is 42.2 Å². The minimum Gasteiger partial charge on any atom is -0.494 e. The quantitative estimate of drug-likeness (QED) is 0.778. The van der Waals surface area contributed by atoms with Crippen molar-refractivity contribution in [2.45, 2.75) is 32.1 Å². The topological polar surface area (TPSA) is 48.1 Å². The predicted molar refractivity (Wildman–Crippen MR) is 107 cm³/mol. The standard InChI is InChI=1S/C13H19NO.C8H13N3O/c1-2-7-13(8-3-1)15-12-6-11-14-9-4-5-10-14;1-10-6-7(5-9-10)11-4-2-3-8(11)12/h1-3,7-8H,4-6,9-12H2;6,9H,2-5H2,1H3. The van der Waals surface area contributed by atoms with Crippen LogP contribution in [0.4, 0.5) is 0 Å². The lowest BCUT2D eigenvalue weighted by molar-refractivity contribution is -0.126. The van der Waals surface area contributed by atoms with Gasteiger partial charge in [0, 0.05) is 32.8 Å². The molecule has 4 rings (SSSR count). The van der Waals surface area contributed by atoms with Crippen LogP contribution in [0.25, 0.3) is 0 Å². The van der Waals surface area contributed by atoms with E-state index >= 15 is 0 Å². The molecule has 0 aromatic heterocycles. The maximum atomic E-state index is 11.3. The molecule has 3 aliphatic rings. The first kappa shape index (κ1) is 19.7. The number of likely N-dealkylation sites (tertiary alicyclic amines) is 2. The Morgan fingerprint density at radius 1 is 1.07 bits per heavy atom. The monoisotopic (exact) mass is 372 g/mol. The summed E-state index contributed by atoms with van der Waals surface area (Å²) in [6, 6.07) is 10.1. The molecule has 27 heavy (non-hydrogen) atoms. The molecule has 148 valence electrons. The number of amides is 1. The largest absolute Gasteiger partial charge is 0.494 e. The smallest absolute Gasteiger partial charge is 0.226 e. The van der Waals surface area contributed by atoms with Crippen molar-refractivity contribution < 1.29 is 9.53 Å². The van der Waals surface area contributed by atoms with Gasteiger partial charge in [-0.15, -0.1) is 0 Å². The van der Waals surface area contributed by atoms with E-state index in [1.807, 2.05) is 53.5 Å². The van der Waals surface area contributed by atoms with Gasteiger partial charge < -0.3 is 19.5 Å². The number of para-hydroxylation sites is 1. The zero-order chi connectivity index (χ0) is 18.9. The van der Waals surface area contributed by atoms with Gasteiger partial charge in [-0.05, 0) is 50.9 Å². The number of nitrogens with zero attached hydrogens (tertiary/aromatic N) is 3. The van der Waals surface area contributed by atoms with Crippen molar-refractivity contribution in [3.8, 4) is 5.75 Å². The van der Waals surface area contributed by atoms with Crippen LogP contribution in [0.2, 0.25) is 0 Å². The molecule has 6 nitrogen and oxygen atoms in total. The fourth-order valence-corrected chi connectivity index (χ4v) is 3.64. The maximum Gasteiger partial charge on any atom is 0.226 e. The molecule has 0 unspecified atom stereocenters. The normalized spacial score (nSPS) is 19.9. The average molecular weight is 373 g/mol. The molecule has 1 N–H and O–H groups in total. The first-order valence-corrected chi connectivity index (χ1v) is 10.1. The summed E-state index contributed by atoms with van der Waals surface area (Å²) in [7, 11) is 1.94. The number of hydrogen-bond donors (Lipinski definition) is 1. The zero-order valence-corrected chi connectivity index (χ0v) is 16.4. The molecule has 2 saturated heterocycles. The minimum atomic E-state index is 0.262. The fourth-order valence-electron chi connectivity index (χ4n) is 3.64. The van der Waals surface area contributed by atoms with Gasteiger partial charge in [0.05, 0.1) is 18.8 Å². The molecule has 3 heterocycles. The van der Waals surface area contributed by atoms with E-state index in [2.05, 4.69) is 10.3 Å².